The van der Waals surface area contributed by atoms with Crippen molar-refractivity contribution in [1.82, 2.24) is 5.32 Å². The minimum Gasteiger partial charge on any atom is -0.480 e. The van der Waals surface area contributed by atoms with Crippen LogP contribution in [0, 0.1) is 5.82 Å². The van der Waals surface area contributed by atoms with E-state index in [-0.39, 0.29) is 6.04 Å². The van der Waals surface area contributed by atoms with Gasteiger partial charge in [-0.25, -0.2) is 9.18 Å². The van der Waals surface area contributed by atoms with Crippen LogP contribution < -0.4 is 5.32 Å². The zero-order valence-corrected chi connectivity index (χ0v) is 12.6. The molecule has 1 aliphatic carbocycles. The lowest BCUT2D eigenvalue weighted by Crippen LogP contribution is -2.53. The normalized spacial score (nSPS) is 19.7. The molecule has 1 aromatic carbocycles. The number of rotatable bonds is 5. The van der Waals surface area contributed by atoms with E-state index in [1.807, 2.05) is 6.92 Å². The molecule has 0 spiro atoms. The van der Waals surface area contributed by atoms with Crippen molar-refractivity contribution in [1.29, 1.82) is 0 Å². The van der Waals surface area contributed by atoms with Gasteiger partial charge in [-0.15, -0.1) is 0 Å². The van der Waals surface area contributed by atoms with Gasteiger partial charge in [-0.3, -0.25) is 5.32 Å². The van der Waals surface area contributed by atoms with Crippen molar-refractivity contribution in [3.63, 3.8) is 0 Å². The third-order valence-corrected chi connectivity index (χ3v) is 4.52. The summed E-state index contributed by atoms with van der Waals surface area (Å²) < 4.78 is 13.5. The second-order valence-electron chi connectivity index (χ2n) is 5.91. The number of carbonyl (C=O) groups is 1. The van der Waals surface area contributed by atoms with Crippen molar-refractivity contribution >= 4 is 5.97 Å². The Morgan fingerprint density at radius 2 is 2.00 bits per heavy atom. The van der Waals surface area contributed by atoms with E-state index in [0.717, 1.165) is 25.7 Å². The van der Waals surface area contributed by atoms with Crippen molar-refractivity contribution in [2.24, 2.45) is 0 Å². The number of hydrogen-bond acceptors (Lipinski definition) is 2. The Kier molecular flexibility index (Phi) is 5.34. The number of hydrogen-bond donors (Lipinski definition) is 2. The molecule has 0 saturated heterocycles. The highest BCUT2D eigenvalue weighted by Gasteiger charge is 2.40. The monoisotopic (exact) mass is 293 g/mol. The first kappa shape index (κ1) is 16.0. The molecule has 116 valence electrons. The standard InChI is InChI=1S/C17H24FNO2/c1-2-17(16(20)21,13-8-7-9-14(18)12-13)19-15-10-5-3-4-6-11-15/h7-9,12,15,19H,2-6,10-11H2,1H3,(H,20,21). The third kappa shape index (κ3) is 3.62. The third-order valence-electron chi connectivity index (χ3n) is 4.52. The van der Waals surface area contributed by atoms with E-state index >= 15 is 0 Å². The molecule has 1 unspecified atom stereocenters. The molecule has 2 N–H and O–H groups in total. The maximum absolute atomic E-state index is 13.5. The van der Waals surface area contributed by atoms with E-state index in [1.165, 1.54) is 25.0 Å². The summed E-state index contributed by atoms with van der Waals surface area (Å²) in [5.74, 6) is -1.32. The van der Waals surface area contributed by atoms with Crippen LogP contribution in [0.1, 0.15) is 57.4 Å². The topological polar surface area (TPSA) is 49.3 Å². The largest absolute Gasteiger partial charge is 0.480 e. The smallest absolute Gasteiger partial charge is 0.328 e. The van der Waals surface area contributed by atoms with Gasteiger partial charge in [-0.05, 0) is 37.0 Å². The number of benzene rings is 1. The second kappa shape index (κ2) is 7.03. The van der Waals surface area contributed by atoms with Gasteiger partial charge in [-0.2, -0.15) is 0 Å². The van der Waals surface area contributed by atoms with Gasteiger partial charge in [0.15, 0.2) is 0 Å². The Morgan fingerprint density at radius 3 is 2.52 bits per heavy atom. The lowest BCUT2D eigenvalue weighted by Gasteiger charge is -2.34. The molecule has 1 atom stereocenters. The Balaban J connectivity index is 2.30. The van der Waals surface area contributed by atoms with E-state index < -0.39 is 17.3 Å². The fourth-order valence-electron chi connectivity index (χ4n) is 3.25. The average molecular weight is 293 g/mol. The Labute approximate surface area is 125 Å². The van der Waals surface area contributed by atoms with Crippen molar-refractivity contribution in [3.8, 4) is 0 Å². The molecule has 0 radical (unpaired) electrons. The van der Waals surface area contributed by atoms with E-state index in [9.17, 15) is 14.3 Å². The molecule has 21 heavy (non-hydrogen) atoms. The zero-order chi connectivity index (χ0) is 15.3. The van der Waals surface area contributed by atoms with Crippen LogP contribution in [-0.4, -0.2) is 17.1 Å². The molecule has 1 aromatic rings. The van der Waals surface area contributed by atoms with Crippen LogP contribution in [0.3, 0.4) is 0 Å². The summed E-state index contributed by atoms with van der Waals surface area (Å²) in [6.07, 6.45) is 7.05. The Hall–Kier alpha value is -1.42. The van der Waals surface area contributed by atoms with Gasteiger partial charge in [0, 0.05) is 6.04 Å². The minimum absolute atomic E-state index is 0.187. The molecule has 1 saturated carbocycles. The highest BCUT2D eigenvalue weighted by molar-refractivity contribution is 5.80. The molecule has 0 amide bonds. The van der Waals surface area contributed by atoms with Crippen LogP contribution in [0.5, 0.6) is 0 Å². The highest BCUT2D eigenvalue weighted by Crippen LogP contribution is 2.29. The lowest BCUT2D eigenvalue weighted by molar-refractivity contribution is -0.146. The SMILES string of the molecule is CCC(NC1CCCCCC1)(C(=O)O)c1cccc(F)c1. The fraction of sp³-hybridized carbons (Fsp3) is 0.588. The van der Waals surface area contributed by atoms with E-state index in [1.54, 1.807) is 12.1 Å². The molecule has 0 heterocycles. The van der Waals surface area contributed by atoms with Gasteiger partial charge in [-0.1, -0.05) is 44.7 Å². The molecule has 1 fully saturated rings. The van der Waals surface area contributed by atoms with E-state index in [0.29, 0.717) is 12.0 Å². The maximum Gasteiger partial charge on any atom is 0.328 e. The molecule has 2 rings (SSSR count). The number of carboxylic acids is 1. The van der Waals surface area contributed by atoms with Crippen LogP contribution in [0.25, 0.3) is 0 Å². The molecular weight excluding hydrogens is 269 g/mol. The maximum atomic E-state index is 13.5. The summed E-state index contributed by atoms with van der Waals surface area (Å²) >= 11 is 0. The predicted molar refractivity (Wildman–Crippen MR) is 80.6 cm³/mol. The average Bonchev–Trinajstić information content (AvgIpc) is 2.73. The van der Waals surface area contributed by atoms with Gasteiger partial charge in [0.1, 0.15) is 11.4 Å². The number of aliphatic carboxylic acids is 1. The highest BCUT2D eigenvalue weighted by atomic mass is 19.1. The molecule has 0 aromatic heterocycles. The summed E-state index contributed by atoms with van der Waals surface area (Å²) in [6.45, 7) is 1.84. The van der Waals surface area contributed by atoms with E-state index in [4.69, 9.17) is 0 Å². The Bertz CT molecular complexity index is 483. The van der Waals surface area contributed by atoms with Crippen LogP contribution in [0.15, 0.2) is 24.3 Å². The predicted octanol–water partition coefficient (Wildman–Crippen LogP) is 3.83. The van der Waals surface area contributed by atoms with Crippen molar-refractivity contribution in [3.05, 3.63) is 35.6 Å². The molecule has 0 bridgehead atoms. The lowest BCUT2D eigenvalue weighted by atomic mass is 9.85. The van der Waals surface area contributed by atoms with Gasteiger partial charge < -0.3 is 5.11 Å². The number of carboxylic acid groups (broad SMARTS) is 1. The van der Waals surface area contributed by atoms with Crippen molar-refractivity contribution < 1.29 is 14.3 Å². The first-order chi connectivity index (χ1) is 10.1. The number of nitrogens with one attached hydrogen (secondary N) is 1. The molecule has 1 aliphatic rings. The summed E-state index contributed by atoms with van der Waals surface area (Å²) in [7, 11) is 0. The molecular formula is C17H24FNO2. The van der Waals surface area contributed by atoms with Crippen LogP contribution in [0.2, 0.25) is 0 Å². The zero-order valence-electron chi connectivity index (χ0n) is 12.6. The van der Waals surface area contributed by atoms with Crippen molar-refractivity contribution in [2.45, 2.75) is 63.5 Å². The van der Waals surface area contributed by atoms with Gasteiger partial charge in [0.05, 0.1) is 0 Å². The van der Waals surface area contributed by atoms with Gasteiger partial charge >= 0.3 is 5.97 Å². The Morgan fingerprint density at radius 1 is 1.33 bits per heavy atom. The van der Waals surface area contributed by atoms with Gasteiger partial charge in [0.25, 0.3) is 0 Å². The molecule has 3 nitrogen and oxygen atoms in total. The number of halogens is 1. The molecule has 4 heteroatoms. The minimum atomic E-state index is -1.20. The van der Waals surface area contributed by atoms with Crippen molar-refractivity contribution in [2.75, 3.05) is 0 Å². The van der Waals surface area contributed by atoms with Crippen LogP contribution in [0.4, 0.5) is 4.39 Å². The fourth-order valence-corrected chi connectivity index (χ4v) is 3.25. The summed E-state index contributed by atoms with van der Waals surface area (Å²) in [5, 5.41) is 13.1. The summed E-state index contributed by atoms with van der Waals surface area (Å²) in [5.41, 5.74) is -0.696. The van der Waals surface area contributed by atoms with E-state index in [2.05, 4.69) is 5.32 Å². The van der Waals surface area contributed by atoms with Gasteiger partial charge in [0.2, 0.25) is 0 Å². The molecule has 0 aliphatic heterocycles. The first-order valence-electron chi connectivity index (χ1n) is 7.85. The summed E-state index contributed by atoms with van der Waals surface area (Å²) in [6, 6.07) is 6.14. The van der Waals surface area contributed by atoms with Crippen LogP contribution >= 0.6 is 0 Å². The quantitative estimate of drug-likeness (QED) is 0.811. The summed E-state index contributed by atoms with van der Waals surface area (Å²) in [4.78, 5) is 11.9. The second-order valence-corrected chi connectivity index (χ2v) is 5.91. The van der Waals surface area contributed by atoms with Crippen LogP contribution in [-0.2, 0) is 10.3 Å². The first-order valence-corrected chi connectivity index (χ1v) is 7.85.